The normalized spacial score (nSPS) is 11.4. The minimum absolute atomic E-state index is 0.0476. The number of phenols is 5. The predicted molar refractivity (Wildman–Crippen MR) is 230 cm³/mol. The number of allylic oxidation sites excluding steroid dienone is 3. The molecule has 0 aliphatic carbocycles. The third-order valence-electron chi connectivity index (χ3n) is 8.53. The quantitative estimate of drug-likeness (QED) is 0.0231. The van der Waals surface area contributed by atoms with Crippen LogP contribution in [0.1, 0.15) is 33.8 Å². The molecule has 0 saturated heterocycles. The second-order valence-electron chi connectivity index (χ2n) is 12.6. The molecule has 0 atom stereocenters. The van der Waals surface area contributed by atoms with Gasteiger partial charge in [0.2, 0.25) is 17.2 Å². The summed E-state index contributed by atoms with van der Waals surface area (Å²) in [6, 6.07) is 20.4. The molecule has 0 amide bonds. The summed E-state index contributed by atoms with van der Waals surface area (Å²) in [7, 11) is 1.22. The van der Waals surface area contributed by atoms with Crippen LogP contribution in [0, 0.1) is 64.3 Å². The summed E-state index contributed by atoms with van der Waals surface area (Å²) in [5.74, 6) is -6.03. The molecule has 67 heavy (non-hydrogen) atoms. The topological polar surface area (TPSA) is 423 Å². The van der Waals surface area contributed by atoms with Crippen LogP contribution in [0.3, 0.4) is 0 Å². The van der Waals surface area contributed by atoms with Crippen molar-refractivity contribution in [1.82, 2.24) is 19.9 Å². The van der Waals surface area contributed by atoms with E-state index >= 15 is 0 Å². The van der Waals surface area contributed by atoms with Crippen LogP contribution in [0.2, 0.25) is 0 Å². The fraction of sp³-hybridized carbons (Fsp3) is 0.0238. The molecule has 25 heteroatoms. The lowest BCUT2D eigenvalue weighted by Gasteiger charge is -2.08. The molecule has 6 aromatic rings. The maximum atomic E-state index is 11.0. The molecular weight excluding hydrogens is 885 g/mol. The minimum atomic E-state index is -0.931. The number of nitro benzene ring substituents is 3. The number of hydrogen-bond acceptors (Lipinski definition) is 22. The van der Waals surface area contributed by atoms with Crippen molar-refractivity contribution in [3.8, 4) is 52.7 Å². The molecule has 3 heterocycles. The van der Waals surface area contributed by atoms with E-state index in [0.29, 0.717) is 0 Å². The average Bonchev–Trinajstić information content (AvgIpc) is 3.32. The SMILES string of the molecule is COc1cc(/C(O)=C(\C#N)c2ccccn2)cc([N+](=O)[O-])c1O.N#C/C(=C(/O)c1cc(O)c(O)c([N+](=O)[O-])c1)c1ccccn1.N#C/C(=C(/O)c1cc(O)c(O)c([N+](=O)[O-])c1)c1cnccn1. The number of nitrogens with zero attached hydrogens (tertiary/aromatic N) is 10. The Morgan fingerprint density at radius 2 is 0.910 bits per heavy atom. The van der Waals surface area contributed by atoms with Gasteiger partial charge in [-0.3, -0.25) is 50.3 Å². The Labute approximate surface area is 374 Å². The number of aromatic nitrogens is 4. The van der Waals surface area contributed by atoms with E-state index in [4.69, 9.17) is 15.3 Å². The van der Waals surface area contributed by atoms with Gasteiger partial charge in [0, 0.05) is 59.7 Å². The van der Waals surface area contributed by atoms with Crippen molar-refractivity contribution >= 4 is 51.1 Å². The number of nitriles is 3. The number of benzene rings is 3. The summed E-state index contributed by atoms with van der Waals surface area (Å²) in [5.41, 5.74) is -2.94. The Kier molecular flexibility index (Phi) is 15.9. The highest BCUT2D eigenvalue weighted by molar-refractivity contribution is 5.95. The lowest BCUT2D eigenvalue weighted by atomic mass is 10.0. The zero-order valence-electron chi connectivity index (χ0n) is 33.7. The Morgan fingerprint density at radius 3 is 1.24 bits per heavy atom. The first-order valence-electron chi connectivity index (χ1n) is 18.0. The second-order valence-corrected chi connectivity index (χ2v) is 12.6. The lowest BCUT2D eigenvalue weighted by Crippen LogP contribution is -1.97. The maximum Gasteiger partial charge on any atom is 0.315 e. The highest BCUT2D eigenvalue weighted by Gasteiger charge is 2.25. The first kappa shape index (κ1) is 48.8. The standard InChI is InChI=1S/C15H11N3O5.C14H9N3O5.C13H8N4O5/c1-23-13-7-9(6-12(15(13)20)18(21)22)14(19)10(8-16)11-4-2-3-5-17-11;15-7-9(10-3-1-2-4-16-10)13(19)8-5-11(17(21)22)14(20)12(18)6-8;14-5-8(9-6-15-1-2-16-9)12(19)7-3-10(17(21)22)13(20)11(18)4-7/h2-7,19-20H,1H3;1-6,18-20H;1-4,6,18-20H/b14-10-;13-9-;12-8-. The number of phenolic OH excluding ortho intramolecular Hbond substituents is 5. The number of aliphatic hydroxyl groups is 3. The molecule has 0 unspecified atom stereocenters. The van der Waals surface area contributed by atoms with Crippen LogP contribution in [0.4, 0.5) is 17.1 Å². The Balaban J connectivity index is 0.000000219. The van der Waals surface area contributed by atoms with Gasteiger partial charge >= 0.3 is 17.1 Å². The molecule has 0 fully saturated rings. The summed E-state index contributed by atoms with van der Waals surface area (Å²) in [5, 5.41) is 138. The summed E-state index contributed by atoms with van der Waals surface area (Å²) in [6.45, 7) is 0. The molecule has 8 N–H and O–H groups in total. The monoisotopic (exact) mass is 912 g/mol. The van der Waals surface area contributed by atoms with Gasteiger partial charge in [0.25, 0.3) is 0 Å². The van der Waals surface area contributed by atoms with Crippen molar-refractivity contribution in [1.29, 1.82) is 15.8 Å². The second kappa shape index (κ2) is 21.8. The number of pyridine rings is 2. The molecule has 0 saturated carbocycles. The lowest BCUT2D eigenvalue weighted by molar-refractivity contribution is -0.386. The van der Waals surface area contributed by atoms with Gasteiger partial charge in [-0.25, -0.2) is 0 Å². The largest absolute Gasteiger partial charge is 0.506 e. The zero-order chi connectivity index (χ0) is 49.5. The minimum Gasteiger partial charge on any atom is -0.506 e. The van der Waals surface area contributed by atoms with Crippen LogP contribution in [-0.4, -0.2) is 82.7 Å². The van der Waals surface area contributed by atoms with Crippen molar-refractivity contribution < 1.29 is 60.4 Å². The Bertz CT molecular complexity index is 2970. The Morgan fingerprint density at radius 1 is 0.537 bits per heavy atom. The first-order chi connectivity index (χ1) is 31.9. The summed E-state index contributed by atoms with van der Waals surface area (Å²) in [4.78, 5) is 45.4. The van der Waals surface area contributed by atoms with Crippen LogP contribution in [0.5, 0.6) is 34.5 Å². The van der Waals surface area contributed by atoms with Crippen LogP contribution < -0.4 is 4.74 Å². The zero-order valence-corrected chi connectivity index (χ0v) is 33.7. The molecule has 0 radical (unpaired) electrons. The molecule has 0 bridgehead atoms. The highest BCUT2D eigenvalue weighted by Crippen LogP contribution is 2.41. The predicted octanol–water partition coefficient (Wildman–Crippen LogP) is 6.75. The molecule has 3 aromatic carbocycles. The van der Waals surface area contributed by atoms with Crippen LogP contribution >= 0.6 is 0 Å². The van der Waals surface area contributed by atoms with E-state index in [9.17, 15) is 76.5 Å². The van der Waals surface area contributed by atoms with E-state index < -0.39 is 77.9 Å². The van der Waals surface area contributed by atoms with E-state index in [1.807, 2.05) is 6.07 Å². The van der Waals surface area contributed by atoms with Crippen LogP contribution in [0.15, 0.2) is 104 Å². The van der Waals surface area contributed by atoms with E-state index in [1.165, 1.54) is 56.3 Å². The molecule has 336 valence electrons. The number of methoxy groups -OCH3 is 1. The average molecular weight is 913 g/mol. The van der Waals surface area contributed by atoms with Crippen molar-refractivity contribution in [2.45, 2.75) is 0 Å². The fourth-order valence-corrected chi connectivity index (χ4v) is 5.36. The summed E-state index contributed by atoms with van der Waals surface area (Å²) in [6.07, 6.45) is 6.75. The first-order valence-corrected chi connectivity index (χ1v) is 18.0. The number of hydrogen-bond donors (Lipinski definition) is 8. The molecule has 0 aliphatic rings. The molecule has 6 rings (SSSR count). The number of ether oxygens (including phenoxy) is 1. The van der Waals surface area contributed by atoms with Crippen molar-refractivity contribution in [3.63, 3.8) is 0 Å². The van der Waals surface area contributed by atoms with E-state index in [0.717, 1.165) is 30.3 Å². The number of rotatable bonds is 10. The van der Waals surface area contributed by atoms with Gasteiger partial charge in [-0.05, 0) is 42.5 Å². The van der Waals surface area contributed by atoms with Gasteiger partial charge in [0.05, 0.1) is 39.5 Å². The van der Waals surface area contributed by atoms with E-state index in [1.54, 1.807) is 36.4 Å². The van der Waals surface area contributed by atoms with Gasteiger partial charge in [0.1, 0.15) is 57.9 Å². The van der Waals surface area contributed by atoms with E-state index in [2.05, 4.69) is 19.9 Å². The van der Waals surface area contributed by atoms with Gasteiger partial charge in [-0.15, -0.1) is 0 Å². The third-order valence-corrected chi connectivity index (χ3v) is 8.53. The smallest absolute Gasteiger partial charge is 0.315 e. The Hall–Kier alpha value is -10.9. The molecule has 0 spiro atoms. The van der Waals surface area contributed by atoms with Gasteiger partial charge < -0.3 is 45.6 Å². The van der Waals surface area contributed by atoms with E-state index in [-0.39, 0.29) is 56.2 Å². The number of nitro groups is 3. The molecular formula is C42H28N10O15. The number of aliphatic hydroxyl groups excluding tert-OH is 3. The summed E-state index contributed by atoms with van der Waals surface area (Å²) < 4.78 is 4.86. The van der Waals surface area contributed by atoms with Crippen molar-refractivity contribution in [2.24, 2.45) is 0 Å². The van der Waals surface area contributed by atoms with Crippen molar-refractivity contribution in [3.05, 3.63) is 168 Å². The molecule has 25 nitrogen and oxygen atoms in total. The number of aromatic hydroxyl groups is 5. The van der Waals surface area contributed by atoms with Gasteiger partial charge in [0.15, 0.2) is 17.2 Å². The highest BCUT2D eigenvalue weighted by atomic mass is 16.6. The third kappa shape index (κ3) is 11.3. The van der Waals surface area contributed by atoms with Gasteiger partial charge in [-0.2, -0.15) is 15.8 Å². The molecule has 0 aliphatic heterocycles. The maximum absolute atomic E-state index is 11.0. The van der Waals surface area contributed by atoms with Crippen LogP contribution in [-0.2, 0) is 0 Å². The summed E-state index contributed by atoms with van der Waals surface area (Å²) >= 11 is 0. The fourth-order valence-electron chi connectivity index (χ4n) is 5.36. The van der Waals surface area contributed by atoms with Crippen LogP contribution in [0.25, 0.3) is 34.0 Å². The van der Waals surface area contributed by atoms with Gasteiger partial charge in [-0.1, -0.05) is 12.1 Å². The molecule has 3 aromatic heterocycles. The van der Waals surface area contributed by atoms with Crippen molar-refractivity contribution in [2.75, 3.05) is 7.11 Å².